The van der Waals surface area contributed by atoms with E-state index in [0.717, 1.165) is 0 Å². The Balaban J connectivity index is 1.45. The normalized spacial score (nSPS) is 16.9. The summed E-state index contributed by atoms with van der Waals surface area (Å²) in [5, 5.41) is 19.7. The lowest BCUT2D eigenvalue weighted by Crippen LogP contribution is -2.36. The summed E-state index contributed by atoms with van der Waals surface area (Å²) < 4.78 is 48.4. The van der Waals surface area contributed by atoms with Gasteiger partial charge in [0.05, 0.1) is 24.5 Å². The first-order valence-corrected chi connectivity index (χ1v) is 14.3. The maximum atomic E-state index is 14.1. The lowest BCUT2D eigenvalue weighted by Gasteiger charge is -2.26. The molecule has 1 aliphatic rings. The first-order valence-electron chi connectivity index (χ1n) is 13.9. The van der Waals surface area contributed by atoms with Gasteiger partial charge in [-0.2, -0.15) is 17.9 Å². The Hall–Kier alpha value is -4.98. The Morgan fingerprint density at radius 1 is 1.11 bits per heavy atom. The number of aromatic nitrogens is 5. The smallest absolute Gasteiger partial charge is 0.411 e. The van der Waals surface area contributed by atoms with Gasteiger partial charge in [0.2, 0.25) is 5.91 Å². The number of amides is 2. The number of methoxy groups -OCH3 is 1. The number of carbonyl (C=O) groups is 2. The third kappa shape index (κ3) is 7.95. The molecule has 4 aromatic rings. The van der Waals surface area contributed by atoms with Gasteiger partial charge >= 0.3 is 12.3 Å². The van der Waals surface area contributed by atoms with Gasteiger partial charge in [-0.25, -0.2) is 4.79 Å². The molecule has 0 saturated heterocycles. The number of hydrogen-bond donors (Lipinski definition) is 3. The second-order valence-corrected chi connectivity index (χ2v) is 10.7. The fourth-order valence-electron chi connectivity index (χ4n) is 4.99. The van der Waals surface area contributed by atoms with E-state index in [4.69, 9.17) is 11.6 Å². The number of halogens is 4. The number of carbonyl (C=O) groups excluding carboxylic acids is 2. The minimum Gasteiger partial charge on any atom is -0.453 e. The molecule has 2 amide bonds. The number of alkyl halides is 3. The molecule has 2 atom stereocenters. The zero-order valence-corrected chi connectivity index (χ0v) is 24.6. The molecule has 3 N–H and O–H groups in total. The monoisotopic (exact) mass is 640 g/mol. The van der Waals surface area contributed by atoms with Crippen molar-refractivity contribution >= 4 is 41.1 Å². The Bertz CT molecular complexity index is 1700. The molecule has 45 heavy (non-hydrogen) atoms. The van der Waals surface area contributed by atoms with Crippen molar-refractivity contribution < 1.29 is 27.5 Å². The summed E-state index contributed by atoms with van der Waals surface area (Å²) in [7, 11) is 1.19. The number of ether oxygens (including phenoxy) is 1. The molecule has 15 heteroatoms. The summed E-state index contributed by atoms with van der Waals surface area (Å²) in [6, 6.07) is 10.6. The van der Waals surface area contributed by atoms with E-state index in [1.54, 1.807) is 54.7 Å². The van der Waals surface area contributed by atoms with Crippen molar-refractivity contribution in [3.63, 3.8) is 0 Å². The SMILES string of the molecule is COC(=O)Nc1ccc2c(c1)NC(C(F)(F)F)CCCCC(NC(=O)/C=C/c1cc(Cl)ccc1-n1cnnn1)c1cc-2ccn1. The number of fused-ring (bicyclic) bond motifs is 4. The van der Waals surface area contributed by atoms with E-state index in [1.807, 2.05) is 0 Å². The number of rotatable bonds is 5. The largest absolute Gasteiger partial charge is 0.453 e. The van der Waals surface area contributed by atoms with Crippen LogP contribution in [0, 0.1) is 0 Å². The molecule has 0 saturated carbocycles. The zero-order chi connectivity index (χ0) is 32.0. The summed E-state index contributed by atoms with van der Waals surface area (Å²) >= 11 is 6.18. The Morgan fingerprint density at radius 2 is 1.93 bits per heavy atom. The summed E-state index contributed by atoms with van der Waals surface area (Å²) in [5.74, 6) is -0.435. The number of hydrogen-bond acceptors (Lipinski definition) is 8. The number of nitrogens with one attached hydrogen (secondary N) is 3. The van der Waals surface area contributed by atoms with Gasteiger partial charge in [-0.3, -0.25) is 15.1 Å². The van der Waals surface area contributed by atoms with Gasteiger partial charge in [-0.05, 0) is 77.4 Å². The molecular formula is C30H28ClF3N8O3. The topological polar surface area (TPSA) is 136 Å². The fourth-order valence-corrected chi connectivity index (χ4v) is 5.17. The lowest BCUT2D eigenvalue weighted by molar-refractivity contribution is -0.144. The van der Waals surface area contributed by atoms with E-state index >= 15 is 0 Å². The predicted molar refractivity (Wildman–Crippen MR) is 162 cm³/mol. The summed E-state index contributed by atoms with van der Waals surface area (Å²) in [4.78, 5) is 29.4. The van der Waals surface area contributed by atoms with Crippen LogP contribution in [0.15, 0.2) is 67.1 Å². The van der Waals surface area contributed by atoms with Crippen molar-refractivity contribution in [3.05, 3.63) is 83.4 Å². The average molecular weight is 641 g/mol. The number of tetrazole rings is 1. The fraction of sp³-hybridized carbons (Fsp3) is 0.267. The van der Waals surface area contributed by atoms with Crippen LogP contribution in [0.25, 0.3) is 22.9 Å². The van der Waals surface area contributed by atoms with Gasteiger partial charge in [0, 0.05) is 39.8 Å². The molecule has 2 aromatic heterocycles. The van der Waals surface area contributed by atoms with E-state index in [2.05, 4.69) is 41.2 Å². The van der Waals surface area contributed by atoms with Crippen molar-refractivity contribution in [1.29, 1.82) is 0 Å². The van der Waals surface area contributed by atoms with Crippen LogP contribution in [0.5, 0.6) is 0 Å². The van der Waals surface area contributed by atoms with Gasteiger partial charge in [-0.15, -0.1) is 5.10 Å². The van der Waals surface area contributed by atoms with Crippen molar-refractivity contribution in [2.75, 3.05) is 17.7 Å². The van der Waals surface area contributed by atoms with E-state index in [1.165, 1.54) is 30.3 Å². The Morgan fingerprint density at radius 3 is 2.69 bits per heavy atom. The van der Waals surface area contributed by atoms with Crippen molar-refractivity contribution in [2.24, 2.45) is 0 Å². The molecule has 11 nitrogen and oxygen atoms in total. The third-order valence-corrected chi connectivity index (χ3v) is 7.41. The van der Waals surface area contributed by atoms with E-state index < -0.39 is 30.3 Å². The van der Waals surface area contributed by atoms with Gasteiger partial charge in [0.1, 0.15) is 12.4 Å². The molecule has 1 aliphatic heterocycles. The maximum absolute atomic E-state index is 14.1. The molecular weight excluding hydrogens is 613 g/mol. The number of anilines is 2. The van der Waals surface area contributed by atoms with Gasteiger partial charge in [0.15, 0.2) is 0 Å². The predicted octanol–water partition coefficient (Wildman–Crippen LogP) is 6.34. The van der Waals surface area contributed by atoms with Crippen LogP contribution >= 0.6 is 11.6 Å². The highest BCUT2D eigenvalue weighted by atomic mass is 35.5. The Labute approximate surface area is 260 Å². The Kier molecular flexibility index (Phi) is 9.62. The molecule has 3 heterocycles. The second kappa shape index (κ2) is 13.8. The second-order valence-electron chi connectivity index (χ2n) is 10.2. The van der Waals surface area contributed by atoms with Crippen LogP contribution in [0.2, 0.25) is 5.02 Å². The molecule has 234 valence electrons. The van der Waals surface area contributed by atoms with Crippen molar-refractivity contribution in [3.8, 4) is 16.8 Å². The van der Waals surface area contributed by atoms with E-state index in [9.17, 15) is 22.8 Å². The summed E-state index contributed by atoms with van der Waals surface area (Å²) in [6.07, 6.45) is 1.38. The number of pyridine rings is 1. The molecule has 0 spiro atoms. The quantitative estimate of drug-likeness (QED) is 0.215. The summed E-state index contributed by atoms with van der Waals surface area (Å²) in [5.41, 5.74) is 3.21. The molecule has 0 fully saturated rings. The van der Waals surface area contributed by atoms with Gasteiger partial charge < -0.3 is 15.4 Å². The van der Waals surface area contributed by atoms with Crippen molar-refractivity contribution in [2.45, 2.75) is 43.9 Å². The molecule has 2 bridgehead atoms. The van der Waals surface area contributed by atoms with Gasteiger partial charge in [0.25, 0.3) is 0 Å². The van der Waals surface area contributed by atoms with Crippen LogP contribution < -0.4 is 16.0 Å². The molecule has 5 rings (SSSR count). The van der Waals surface area contributed by atoms with Crippen LogP contribution in [0.4, 0.5) is 29.3 Å². The van der Waals surface area contributed by atoms with Crippen LogP contribution in [0.3, 0.4) is 0 Å². The van der Waals surface area contributed by atoms with E-state index in [-0.39, 0.29) is 24.2 Å². The van der Waals surface area contributed by atoms with Crippen LogP contribution in [-0.2, 0) is 9.53 Å². The third-order valence-electron chi connectivity index (χ3n) is 7.18. The highest BCUT2D eigenvalue weighted by Gasteiger charge is 2.39. The lowest BCUT2D eigenvalue weighted by atomic mass is 9.96. The summed E-state index contributed by atoms with van der Waals surface area (Å²) in [6.45, 7) is 0. The standard InChI is InChI=1S/C30H28ClF3N8O3/c1-45-29(44)37-21-8-9-22-18-12-13-35-25(15-18)23(4-2-3-5-27(30(32,33)34)38-24(22)16-21)39-28(43)11-6-19-14-20(31)7-10-26(19)42-17-36-40-41-42/h6-17,23,27,38H,2-5H2,1H3,(H,37,44)(H,39,43)/b11-6+. The zero-order valence-electron chi connectivity index (χ0n) is 23.9. The molecule has 0 radical (unpaired) electrons. The number of benzene rings is 2. The van der Waals surface area contributed by atoms with Crippen LogP contribution in [-0.4, -0.2) is 56.5 Å². The molecule has 2 unspecified atom stereocenters. The highest BCUT2D eigenvalue weighted by molar-refractivity contribution is 6.30. The minimum absolute atomic E-state index is 0.173. The first-order chi connectivity index (χ1) is 21.6. The number of nitrogens with zero attached hydrogens (tertiary/aromatic N) is 5. The van der Waals surface area contributed by atoms with Crippen LogP contribution in [0.1, 0.15) is 43.0 Å². The molecule has 0 aliphatic carbocycles. The average Bonchev–Trinajstić information content (AvgIpc) is 3.55. The minimum atomic E-state index is -4.53. The van der Waals surface area contributed by atoms with E-state index in [0.29, 0.717) is 45.9 Å². The highest BCUT2D eigenvalue weighted by Crippen LogP contribution is 2.36. The van der Waals surface area contributed by atoms with Crippen molar-refractivity contribution in [1.82, 2.24) is 30.5 Å². The van der Waals surface area contributed by atoms with Gasteiger partial charge in [-0.1, -0.05) is 30.5 Å². The maximum Gasteiger partial charge on any atom is 0.411 e. The molecule has 2 aromatic carbocycles. The first kappa shape index (κ1) is 31.4.